The van der Waals surface area contributed by atoms with E-state index in [9.17, 15) is 9.59 Å². The number of nitrogens with one attached hydrogen (secondary N) is 1. The van der Waals surface area contributed by atoms with Crippen LogP contribution in [0.4, 0.5) is 0 Å². The molecule has 3 N–H and O–H groups in total. The van der Waals surface area contributed by atoms with Crippen molar-refractivity contribution in [1.82, 2.24) is 10.2 Å². The van der Waals surface area contributed by atoms with Crippen LogP contribution in [-0.2, 0) is 9.59 Å². The molecule has 0 saturated carbocycles. The highest BCUT2D eigenvalue weighted by atomic mass is 16.2. The minimum absolute atomic E-state index is 0.00445. The van der Waals surface area contributed by atoms with Crippen molar-refractivity contribution in [2.75, 3.05) is 19.6 Å². The summed E-state index contributed by atoms with van der Waals surface area (Å²) >= 11 is 0. The molecule has 0 bridgehead atoms. The molecule has 0 spiro atoms. The lowest BCUT2D eigenvalue weighted by atomic mass is 9.92. The number of carbonyl (C=O) groups is 2. The molecule has 104 valence electrons. The Balaban J connectivity index is 2.35. The summed E-state index contributed by atoms with van der Waals surface area (Å²) in [7, 11) is 0. The minimum atomic E-state index is -0.0494. The summed E-state index contributed by atoms with van der Waals surface area (Å²) < 4.78 is 0. The quantitative estimate of drug-likeness (QED) is 0.750. The lowest BCUT2D eigenvalue weighted by molar-refractivity contribution is -0.134. The van der Waals surface area contributed by atoms with Gasteiger partial charge in [0.2, 0.25) is 11.8 Å². The number of carbonyl (C=O) groups excluding carboxylic acids is 2. The van der Waals surface area contributed by atoms with E-state index in [4.69, 9.17) is 5.73 Å². The molecule has 0 aromatic rings. The molecule has 1 rings (SSSR count). The zero-order valence-corrected chi connectivity index (χ0v) is 11.4. The second-order valence-corrected chi connectivity index (χ2v) is 5.13. The van der Waals surface area contributed by atoms with Crippen molar-refractivity contribution >= 4 is 11.8 Å². The average Bonchev–Trinajstić information content (AvgIpc) is 2.36. The zero-order valence-electron chi connectivity index (χ0n) is 11.4. The first-order valence-electron chi connectivity index (χ1n) is 6.84. The summed E-state index contributed by atoms with van der Waals surface area (Å²) in [5.41, 5.74) is 5.88. The van der Waals surface area contributed by atoms with Gasteiger partial charge >= 0.3 is 0 Å². The number of rotatable bonds is 5. The van der Waals surface area contributed by atoms with Gasteiger partial charge in [0.15, 0.2) is 0 Å². The summed E-state index contributed by atoms with van der Waals surface area (Å²) in [6.45, 7) is 5.55. The molecule has 1 fully saturated rings. The van der Waals surface area contributed by atoms with Gasteiger partial charge in [0, 0.05) is 25.6 Å². The molecular formula is C13H25N3O2. The second kappa shape index (κ2) is 7.36. The number of hydrogen-bond donors (Lipinski definition) is 2. The number of nitrogens with zero attached hydrogens (tertiary/aromatic N) is 1. The highest BCUT2D eigenvalue weighted by Crippen LogP contribution is 2.18. The Labute approximate surface area is 109 Å². The maximum atomic E-state index is 11.9. The molecular weight excluding hydrogens is 230 g/mol. The van der Waals surface area contributed by atoms with Crippen molar-refractivity contribution in [3.05, 3.63) is 0 Å². The van der Waals surface area contributed by atoms with Crippen molar-refractivity contribution in [2.24, 2.45) is 11.7 Å². The average molecular weight is 255 g/mol. The number of likely N-dealkylation sites (tertiary alicyclic amines) is 1. The maximum Gasteiger partial charge on any atom is 0.241 e. The molecule has 0 aromatic heterocycles. The van der Waals surface area contributed by atoms with Crippen LogP contribution in [0.15, 0.2) is 0 Å². The van der Waals surface area contributed by atoms with E-state index in [0.717, 1.165) is 32.4 Å². The highest BCUT2D eigenvalue weighted by molar-refractivity contribution is 5.84. The van der Waals surface area contributed by atoms with Crippen LogP contribution in [0.3, 0.4) is 0 Å². The normalized spacial score (nSPS) is 21.5. The van der Waals surface area contributed by atoms with Crippen molar-refractivity contribution in [2.45, 2.75) is 45.6 Å². The van der Waals surface area contributed by atoms with E-state index < -0.39 is 0 Å². The van der Waals surface area contributed by atoms with Gasteiger partial charge in [-0.2, -0.15) is 0 Å². The van der Waals surface area contributed by atoms with E-state index in [0.29, 0.717) is 12.3 Å². The van der Waals surface area contributed by atoms with Crippen molar-refractivity contribution in [1.29, 1.82) is 0 Å². The van der Waals surface area contributed by atoms with Crippen LogP contribution in [0.25, 0.3) is 0 Å². The van der Waals surface area contributed by atoms with Crippen LogP contribution in [0.5, 0.6) is 0 Å². The molecule has 0 aliphatic carbocycles. The van der Waals surface area contributed by atoms with E-state index in [2.05, 4.69) is 5.32 Å². The summed E-state index contributed by atoms with van der Waals surface area (Å²) in [5.74, 6) is 0.338. The van der Waals surface area contributed by atoms with E-state index in [1.807, 2.05) is 18.7 Å². The number of piperidine rings is 1. The maximum absolute atomic E-state index is 11.9. The Hall–Kier alpha value is -1.10. The molecule has 2 atom stereocenters. The van der Waals surface area contributed by atoms with Gasteiger partial charge in [-0.05, 0) is 32.1 Å². The third kappa shape index (κ3) is 4.64. The summed E-state index contributed by atoms with van der Waals surface area (Å²) in [4.78, 5) is 25.1. The monoisotopic (exact) mass is 255 g/mol. The standard InChI is InChI=1S/C13H25N3O2/c1-3-5-12(17)15-8-13(18)16-7-4-6-11(9-16)10(2)14/h10-11H,3-9,14H2,1-2H3,(H,15,17). The zero-order chi connectivity index (χ0) is 13.5. The van der Waals surface area contributed by atoms with Gasteiger partial charge in [-0.15, -0.1) is 0 Å². The molecule has 18 heavy (non-hydrogen) atoms. The van der Waals surface area contributed by atoms with Gasteiger partial charge < -0.3 is 16.0 Å². The predicted octanol–water partition coefficient (Wildman–Crippen LogP) is 0.489. The molecule has 2 amide bonds. The third-order valence-corrected chi connectivity index (χ3v) is 3.47. The summed E-state index contributed by atoms with van der Waals surface area (Å²) in [6, 6.07) is 0.121. The van der Waals surface area contributed by atoms with Gasteiger partial charge in [0.25, 0.3) is 0 Å². The van der Waals surface area contributed by atoms with E-state index in [-0.39, 0.29) is 24.4 Å². The first kappa shape index (κ1) is 15.0. The lowest BCUT2D eigenvalue weighted by Crippen LogP contribution is -2.48. The number of hydrogen-bond acceptors (Lipinski definition) is 3. The Morgan fingerprint density at radius 1 is 1.50 bits per heavy atom. The van der Waals surface area contributed by atoms with E-state index in [1.54, 1.807) is 0 Å². The van der Waals surface area contributed by atoms with E-state index in [1.165, 1.54) is 0 Å². The molecule has 2 unspecified atom stereocenters. The lowest BCUT2D eigenvalue weighted by Gasteiger charge is -2.34. The van der Waals surface area contributed by atoms with Crippen molar-refractivity contribution in [3.8, 4) is 0 Å². The van der Waals surface area contributed by atoms with Gasteiger partial charge in [0.1, 0.15) is 0 Å². The fourth-order valence-electron chi connectivity index (χ4n) is 2.27. The summed E-state index contributed by atoms with van der Waals surface area (Å²) in [6.07, 6.45) is 3.37. The third-order valence-electron chi connectivity index (χ3n) is 3.47. The highest BCUT2D eigenvalue weighted by Gasteiger charge is 2.25. The molecule has 1 heterocycles. The van der Waals surface area contributed by atoms with E-state index >= 15 is 0 Å². The Bertz CT molecular complexity index is 292. The number of amides is 2. The van der Waals surface area contributed by atoms with Crippen LogP contribution >= 0.6 is 0 Å². The molecule has 1 aliphatic heterocycles. The molecule has 1 saturated heterocycles. The van der Waals surface area contributed by atoms with Gasteiger partial charge in [0.05, 0.1) is 6.54 Å². The van der Waals surface area contributed by atoms with Gasteiger partial charge in [-0.25, -0.2) is 0 Å². The minimum Gasteiger partial charge on any atom is -0.347 e. The first-order valence-corrected chi connectivity index (χ1v) is 6.84. The van der Waals surface area contributed by atoms with Gasteiger partial charge in [-0.3, -0.25) is 9.59 Å². The Kier molecular flexibility index (Phi) is 6.12. The van der Waals surface area contributed by atoms with Crippen LogP contribution in [0, 0.1) is 5.92 Å². The smallest absolute Gasteiger partial charge is 0.241 e. The topological polar surface area (TPSA) is 75.4 Å². The SMILES string of the molecule is CCCC(=O)NCC(=O)N1CCCC(C(C)N)C1. The van der Waals surface area contributed by atoms with Crippen LogP contribution < -0.4 is 11.1 Å². The molecule has 0 aromatic carbocycles. The molecule has 1 aliphatic rings. The largest absolute Gasteiger partial charge is 0.347 e. The second-order valence-electron chi connectivity index (χ2n) is 5.13. The van der Waals surface area contributed by atoms with Gasteiger partial charge in [-0.1, -0.05) is 6.92 Å². The van der Waals surface area contributed by atoms with Crippen LogP contribution in [-0.4, -0.2) is 42.4 Å². The number of nitrogens with two attached hydrogens (primary N) is 1. The Morgan fingerprint density at radius 3 is 2.83 bits per heavy atom. The van der Waals surface area contributed by atoms with Crippen LogP contribution in [0.2, 0.25) is 0 Å². The fourth-order valence-corrected chi connectivity index (χ4v) is 2.27. The van der Waals surface area contributed by atoms with Crippen molar-refractivity contribution in [3.63, 3.8) is 0 Å². The van der Waals surface area contributed by atoms with Crippen LogP contribution in [0.1, 0.15) is 39.5 Å². The molecule has 5 nitrogen and oxygen atoms in total. The first-order chi connectivity index (χ1) is 8.54. The Morgan fingerprint density at radius 2 is 2.22 bits per heavy atom. The molecule has 0 radical (unpaired) electrons. The fraction of sp³-hybridized carbons (Fsp3) is 0.846. The predicted molar refractivity (Wildman–Crippen MR) is 70.9 cm³/mol. The van der Waals surface area contributed by atoms with Crippen molar-refractivity contribution < 1.29 is 9.59 Å². The summed E-state index contributed by atoms with van der Waals surface area (Å²) in [5, 5.41) is 2.66. The molecule has 5 heteroatoms.